The van der Waals surface area contributed by atoms with Crippen LogP contribution in [0.4, 0.5) is 0 Å². The van der Waals surface area contributed by atoms with Gasteiger partial charge in [0.25, 0.3) is 0 Å². The number of aliphatic hydroxyl groups excluding tert-OH is 2. The van der Waals surface area contributed by atoms with E-state index in [-0.39, 0.29) is 31.0 Å². The van der Waals surface area contributed by atoms with Crippen LogP contribution in [0, 0.1) is 0 Å². The molecule has 0 radical (unpaired) electrons. The summed E-state index contributed by atoms with van der Waals surface area (Å²) in [5.41, 5.74) is 0. The van der Waals surface area contributed by atoms with Crippen molar-refractivity contribution in [1.29, 1.82) is 0 Å². The summed E-state index contributed by atoms with van der Waals surface area (Å²) in [6, 6.07) is 0. The number of hydrogen-bond acceptors (Lipinski definition) is 4. The van der Waals surface area contributed by atoms with Gasteiger partial charge in [-0.25, -0.2) is 9.59 Å². The van der Waals surface area contributed by atoms with Crippen LogP contribution in [-0.2, 0) is 9.59 Å². The summed E-state index contributed by atoms with van der Waals surface area (Å²) in [6.45, 7) is 2.39. The quantitative estimate of drug-likeness (QED) is 0.341. The molecule has 0 aromatic rings. The van der Waals surface area contributed by atoms with Crippen molar-refractivity contribution in [3.05, 3.63) is 0 Å². The van der Waals surface area contributed by atoms with Crippen LogP contribution in [0.2, 0.25) is 0 Å². The maximum atomic E-state index is 9.45. The van der Waals surface area contributed by atoms with E-state index < -0.39 is 24.1 Å². The van der Waals surface area contributed by atoms with Crippen LogP contribution < -0.4 is 29.6 Å². The Morgan fingerprint density at radius 3 is 1.08 bits per heavy atom. The van der Waals surface area contributed by atoms with Gasteiger partial charge in [0.1, 0.15) is 12.2 Å². The van der Waals surface area contributed by atoms with Crippen molar-refractivity contribution < 1.29 is 61.0 Å². The van der Waals surface area contributed by atoms with Crippen LogP contribution in [0.3, 0.4) is 0 Å². The number of carboxylic acids is 2. The second-order valence-corrected chi connectivity index (χ2v) is 2.03. The van der Waals surface area contributed by atoms with Crippen LogP contribution in [0.15, 0.2) is 0 Å². The Labute approximate surface area is 99.0 Å². The van der Waals surface area contributed by atoms with Gasteiger partial charge in [0, 0.05) is 0 Å². The summed E-state index contributed by atoms with van der Waals surface area (Å²) in [5.74, 6) is -2.37. The summed E-state index contributed by atoms with van der Waals surface area (Å²) >= 11 is 0. The molecule has 0 aliphatic heterocycles. The zero-order valence-electron chi connectivity index (χ0n) is 8.76. The van der Waals surface area contributed by atoms with E-state index in [9.17, 15) is 9.59 Å². The zero-order valence-corrected chi connectivity index (χ0v) is 9.76. The van der Waals surface area contributed by atoms with Gasteiger partial charge in [0.05, 0.1) is 0 Å². The Morgan fingerprint density at radius 1 is 1.00 bits per heavy atom. The van der Waals surface area contributed by atoms with Crippen molar-refractivity contribution >= 4 is 11.9 Å². The molecule has 0 saturated heterocycles. The Bertz CT molecular complexity index is 142. The third-order valence-corrected chi connectivity index (χ3v) is 0.715. The third-order valence-electron chi connectivity index (χ3n) is 0.715. The second kappa shape index (κ2) is 9.94. The number of carboxylic acid groups (broad SMARTS) is 2. The summed E-state index contributed by atoms with van der Waals surface area (Å²) in [5, 5.41) is 31.5. The minimum atomic E-state index is -1.23. The molecule has 0 aliphatic rings. The molecule has 0 amide bonds. The molecule has 0 fully saturated rings. The molecule has 0 aromatic carbocycles. The van der Waals surface area contributed by atoms with Gasteiger partial charge in [-0.3, -0.25) is 0 Å². The molecule has 7 heteroatoms. The van der Waals surface area contributed by atoms with Gasteiger partial charge < -0.3 is 21.9 Å². The SMILES string of the molecule is CC(O)C(=O)O.CC(O)C(=O)O.[H-].[Na+]. The van der Waals surface area contributed by atoms with E-state index in [0.29, 0.717) is 0 Å². The smallest absolute Gasteiger partial charge is 1.00 e. The van der Waals surface area contributed by atoms with Gasteiger partial charge in [-0.2, -0.15) is 0 Å². The van der Waals surface area contributed by atoms with Crippen LogP contribution in [-0.4, -0.2) is 44.6 Å². The van der Waals surface area contributed by atoms with Crippen molar-refractivity contribution in [2.45, 2.75) is 26.1 Å². The van der Waals surface area contributed by atoms with Crippen LogP contribution in [0.1, 0.15) is 15.3 Å². The van der Waals surface area contributed by atoms with E-state index in [1.54, 1.807) is 0 Å². The maximum absolute atomic E-state index is 9.45. The van der Waals surface area contributed by atoms with E-state index in [4.69, 9.17) is 20.4 Å². The normalized spacial score (nSPS) is 12.6. The summed E-state index contributed by atoms with van der Waals surface area (Å²) < 4.78 is 0. The summed E-state index contributed by atoms with van der Waals surface area (Å²) in [4.78, 5) is 18.9. The Hall–Kier alpha value is -0.140. The fourth-order valence-electron chi connectivity index (χ4n) is 0. The van der Waals surface area contributed by atoms with Crippen LogP contribution in [0.5, 0.6) is 0 Å². The molecule has 2 atom stereocenters. The van der Waals surface area contributed by atoms with Gasteiger partial charge in [0.15, 0.2) is 0 Å². The van der Waals surface area contributed by atoms with Gasteiger partial charge in [0.2, 0.25) is 0 Å². The van der Waals surface area contributed by atoms with Crippen LogP contribution in [0.25, 0.3) is 0 Å². The number of aliphatic hydroxyl groups is 2. The molecule has 6 nitrogen and oxygen atoms in total. The first kappa shape index (κ1) is 18.6. The molecule has 74 valence electrons. The molecule has 0 bridgehead atoms. The molecule has 2 unspecified atom stereocenters. The molecule has 0 rings (SSSR count). The van der Waals surface area contributed by atoms with Gasteiger partial charge in [-0.15, -0.1) is 0 Å². The predicted molar refractivity (Wildman–Crippen MR) is 39.7 cm³/mol. The monoisotopic (exact) mass is 204 g/mol. The Kier molecular flexibility index (Phi) is 14.2. The van der Waals surface area contributed by atoms with E-state index in [0.717, 1.165) is 0 Å². The topological polar surface area (TPSA) is 115 Å². The average Bonchev–Trinajstić information content (AvgIpc) is 1.88. The van der Waals surface area contributed by atoms with Crippen molar-refractivity contribution in [2.24, 2.45) is 0 Å². The third kappa shape index (κ3) is 18.7. The van der Waals surface area contributed by atoms with Gasteiger partial charge >= 0.3 is 41.5 Å². The minimum Gasteiger partial charge on any atom is -1.00 e. The fraction of sp³-hybridized carbons (Fsp3) is 0.667. The number of carbonyl (C=O) groups is 2. The molecule has 0 aromatic heterocycles. The first-order valence-electron chi connectivity index (χ1n) is 3.10. The Morgan fingerprint density at radius 2 is 1.08 bits per heavy atom. The van der Waals surface area contributed by atoms with E-state index in [1.165, 1.54) is 13.8 Å². The number of aliphatic carboxylic acids is 2. The first-order chi connectivity index (χ1) is 5.29. The molecule has 13 heavy (non-hydrogen) atoms. The van der Waals surface area contributed by atoms with Crippen molar-refractivity contribution in [3.8, 4) is 0 Å². The largest absolute Gasteiger partial charge is 1.00 e. The zero-order chi connectivity index (χ0) is 10.3. The molecule has 0 heterocycles. The molecule has 4 N–H and O–H groups in total. The van der Waals surface area contributed by atoms with E-state index in [2.05, 4.69) is 0 Å². The molecular formula is C6H13NaO6. The van der Waals surface area contributed by atoms with E-state index in [1.807, 2.05) is 0 Å². The average molecular weight is 204 g/mol. The number of rotatable bonds is 2. The summed E-state index contributed by atoms with van der Waals surface area (Å²) in [7, 11) is 0. The standard InChI is InChI=1S/2C3H6O3.Na.H/c2*1-2(4)3(5)6;;/h2*2,4H,1H3,(H,5,6);;/q;;+1;-1. The molecule has 0 saturated carbocycles. The first-order valence-corrected chi connectivity index (χ1v) is 3.10. The predicted octanol–water partition coefficient (Wildman–Crippen LogP) is -3.98. The van der Waals surface area contributed by atoms with Crippen molar-refractivity contribution in [1.82, 2.24) is 0 Å². The molecule has 0 spiro atoms. The van der Waals surface area contributed by atoms with E-state index >= 15 is 0 Å². The summed E-state index contributed by atoms with van der Waals surface area (Å²) in [6.07, 6.45) is -2.46. The number of hydrogen-bond donors (Lipinski definition) is 4. The van der Waals surface area contributed by atoms with Crippen molar-refractivity contribution in [2.75, 3.05) is 0 Å². The molecule has 0 aliphatic carbocycles. The van der Waals surface area contributed by atoms with Gasteiger partial charge in [-0.05, 0) is 13.8 Å². The fourth-order valence-corrected chi connectivity index (χ4v) is 0. The Balaban J connectivity index is -0.0000000625. The molecular weight excluding hydrogens is 191 g/mol. The van der Waals surface area contributed by atoms with Crippen molar-refractivity contribution in [3.63, 3.8) is 0 Å². The van der Waals surface area contributed by atoms with Gasteiger partial charge in [-0.1, -0.05) is 0 Å². The maximum Gasteiger partial charge on any atom is 1.00 e. The second-order valence-electron chi connectivity index (χ2n) is 2.03. The minimum absolute atomic E-state index is 0. The van der Waals surface area contributed by atoms with Crippen LogP contribution >= 0.6 is 0 Å².